The molecule has 118 valence electrons. The molecular weight excluding hydrogens is 284 g/mol. The Hall–Kier alpha value is -0.910. The predicted molar refractivity (Wildman–Crippen MR) is 86.6 cm³/mol. The number of hydrazine groups is 1. The van der Waals surface area contributed by atoms with E-state index in [1.54, 1.807) is 0 Å². The lowest BCUT2D eigenvalue weighted by molar-refractivity contribution is 0.209. The predicted octanol–water partition coefficient (Wildman–Crippen LogP) is 2.16. The van der Waals surface area contributed by atoms with Crippen molar-refractivity contribution in [2.24, 2.45) is 5.84 Å². The van der Waals surface area contributed by atoms with Crippen molar-refractivity contribution in [1.29, 1.82) is 0 Å². The van der Waals surface area contributed by atoms with Crippen molar-refractivity contribution < 1.29 is 8.42 Å². The molecule has 1 aliphatic rings. The minimum absolute atomic E-state index is 0.00470. The Labute approximate surface area is 128 Å². The lowest BCUT2D eigenvalue weighted by Crippen LogP contribution is -2.53. The number of hydrogen-bond acceptors (Lipinski definition) is 4. The van der Waals surface area contributed by atoms with Gasteiger partial charge in [0.15, 0.2) is 0 Å². The van der Waals surface area contributed by atoms with E-state index in [1.807, 2.05) is 6.07 Å². The Balaban J connectivity index is 2.29. The SMILES string of the molecule is CS(=O)(=O)CCC(NN)C1(c2ccccc2)CCCCC1. The monoisotopic (exact) mass is 310 g/mol. The van der Waals surface area contributed by atoms with Gasteiger partial charge in [-0.1, -0.05) is 49.6 Å². The van der Waals surface area contributed by atoms with Gasteiger partial charge in [-0.25, -0.2) is 8.42 Å². The van der Waals surface area contributed by atoms with Crippen molar-refractivity contribution in [3.63, 3.8) is 0 Å². The van der Waals surface area contributed by atoms with Crippen LogP contribution in [0.1, 0.15) is 44.1 Å². The lowest BCUT2D eigenvalue weighted by Gasteiger charge is -2.44. The number of sulfone groups is 1. The summed E-state index contributed by atoms with van der Waals surface area (Å²) in [6, 6.07) is 10.4. The van der Waals surface area contributed by atoms with Crippen molar-refractivity contribution in [3.8, 4) is 0 Å². The third-order valence-corrected chi connectivity index (χ3v) is 5.72. The molecule has 4 nitrogen and oxygen atoms in total. The molecule has 0 spiro atoms. The van der Waals surface area contributed by atoms with Crippen molar-refractivity contribution >= 4 is 9.84 Å². The largest absolute Gasteiger partial charge is 0.271 e. The summed E-state index contributed by atoms with van der Waals surface area (Å²) in [6.07, 6.45) is 7.57. The average molecular weight is 310 g/mol. The average Bonchev–Trinajstić information content (AvgIpc) is 2.48. The molecule has 1 fully saturated rings. The van der Waals surface area contributed by atoms with Crippen LogP contribution in [0.15, 0.2) is 30.3 Å². The standard InChI is InChI=1S/C16H26N2O2S/c1-21(19,20)13-10-15(18-17)16(11-6-3-7-12-16)14-8-4-2-5-9-14/h2,4-5,8-9,15,18H,3,6-7,10-13,17H2,1H3. The molecule has 0 aliphatic heterocycles. The van der Waals surface area contributed by atoms with Crippen LogP contribution in [-0.2, 0) is 15.3 Å². The zero-order valence-electron chi connectivity index (χ0n) is 12.7. The zero-order chi connectivity index (χ0) is 15.3. The summed E-state index contributed by atoms with van der Waals surface area (Å²) in [5, 5.41) is 0. The van der Waals surface area contributed by atoms with E-state index in [1.165, 1.54) is 31.1 Å². The first-order valence-electron chi connectivity index (χ1n) is 7.67. The van der Waals surface area contributed by atoms with E-state index in [-0.39, 0.29) is 17.2 Å². The summed E-state index contributed by atoms with van der Waals surface area (Å²) in [5.41, 5.74) is 4.16. The van der Waals surface area contributed by atoms with Crippen LogP contribution < -0.4 is 11.3 Å². The fourth-order valence-corrected chi connectivity index (χ4v) is 4.31. The highest BCUT2D eigenvalue weighted by atomic mass is 32.2. The second kappa shape index (κ2) is 6.90. The molecule has 0 bridgehead atoms. The summed E-state index contributed by atoms with van der Waals surface area (Å²) in [7, 11) is -2.97. The van der Waals surface area contributed by atoms with Gasteiger partial charge in [-0.05, 0) is 24.8 Å². The summed E-state index contributed by atoms with van der Waals surface area (Å²) in [5.74, 6) is 5.99. The molecule has 0 saturated heterocycles. The summed E-state index contributed by atoms with van der Waals surface area (Å²) in [4.78, 5) is 0. The van der Waals surface area contributed by atoms with Crippen LogP contribution in [0.25, 0.3) is 0 Å². The molecular formula is C16H26N2O2S. The van der Waals surface area contributed by atoms with Gasteiger partial charge in [-0.2, -0.15) is 0 Å². The lowest BCUT2D eigenvalue weighted by atomic mass is 9.64. The highest BCUT2D eigenvalue weighted by Crippen LogP contribution is 2.43. The molecule has 1 aromatic rings. The molecule has 1 aliphatic carbocycles. The fraction of sp³-hybridized carbons (Fsp3) is 0.625. The van der Waals surface area contributed by atoms with Crippen LogP contribution >= 0.6 is 0 Å². The van der Waals surface area contributed by atoms with Gasteiger partial charge in [0.05, 0.1) is 5.75 Å². The van der Waals surface area contributed by atoms with Gasteiger partial charge in [0.25, 0.3) is 0 Å². The number of rotatable bonds is 6. The molecule has 0 amide bonds. The molecule has 1 aromatic carbocycles. The van der Waals surface area contributed by atoms with Gasteiger partial charge in [0, 0.05) is 17.7 Å². The van der Waals surface area contributed by atoms with Gasteiger partial charge < -0.3 is 0 Å². The summed E-state index contributed by atoms with van der Waals surface area (Å²) < 4.78 is 23.0. The molecule has 3 N–H and O–H groups in total. The number of nitrogens with one attached hydrogen (secondary N) is 1. The van der Waals surface area contributed by atoms with Crippen LogP contribution in [0, 0.1) is 0 Å². The first kappa shape index (κ1) is 16.5. The van der Waals surface area contributed by atoms with Crippen molar-refractivity contribution in [3.05, 3.63) is 35.9 Å². The van der Waals surface area contributed by atoms with Crippen LogP contribution in [0.3, 0.4) is 0 Å². The van der Waals surface area contributed by atoms with Crippen LogP contribution in [0.4, 0.5) is 0 Å². The maximum Gasteiger partial charge on any atom is 0.147 e. The highest BCUT2D eigenvalue weighted by Gasteiger charge is 2.40. The van der Waals surface area contributed by atoms with Gasteiger partial charge in [0.2, 0.25) is 0 Å². The number of hydrogen-bond donors (Lipinski definition) is 2. The zero-order valence-corrected chi connectivity index (χ0v) is 13.5. The van der Waals surface area contributed by atoms with Crippen LogP contribution in [0.5, 0.6) is 0 Å². The Morgan fingerprint density at radius 1 is 1.19 bits per heavy atom. The molecule has 1 saturated carbocycles. The molecule has 0 heterocycles. The Morgan fingerprint density at radius 2 is 1.81 bits per heavy atom. The fourth-order valence-electron chi connectivity index (χ4n) is 3.64. The van der Waals surface area contributed by atoms with E-state index in [2.05, 4.69) is 29.7 Å². The van der Waals surface area contributed by atoms with Crippen molar-refractivity contribution in [1.82, 2.24) is 5.43 Å². The summed E-state index contributed by atoms with van der Waals surface area (Å²) >= 11 is 0. The molecule has 1 atom stereocenters. The minimum atomic E-state index is -2.97. The molecule has 1 unspecified atom stereocenters. The van der Waals surface area contributed by atoms with Gasteiger partial charge in [0.1, 0.15) is 9.84 Å². The highest BCUT2D eigenvalue weighted by molar-refractivity contribution is 7.90. The topological polar surface area (TPSA) is 72.2 Å². The van der Waals surface area contributed by atoms with E-state index < -0.39 is 9.84 Å². The third kappa shape index (κ3) is 4.05. The first-order valence-corrected chi connectivity index (χ1v) is 9.73. The van der Waals surface area contributed by atoms with Crippen LogP contribution in [0.2, 0.25) is 0 Å². The van der Waals surface area contributed by atoms with Crippen LogP contribution in [-0.4, -0.2) is 26.5 Å². The Bertz CT molecular complexity index is 537. The smallest absolute Gasteiger partial charge is 0.147 e. The maximum absolute atomic E-state index is 11.5. The quantitative estimate of drug-likeness (QED) is 0.624. The Morgan fingerprint density at radius 3 is 2.33 bits per heavy atom. The maximum atomic E-state index is 11.5. The second-order valence-electron chi connectivity index (χ2n) is 6.22. The van der Waals surface area contributed by atoms with E-state index in [4.69, 9.17) is 5.84 Å². The van der Waals surface area contributed by atoms with Crippen molar-refractivity contribution in [2.75, 3.05) is 12.0 Å². The Kier molecular flexibility index (Phi) is 5.41. The first-order chi connectivity index (χ1) is 9.98. The van der Waals surface area contributed by atoms with Crippen molar-refractivity contribution in [2.45, 2.75) is 50.0 Å². The van der Waals surface area contributed by atoms with E-state index in [0.29, 0.717) is 6.42 Å². The van der Waals surface area contributed by atoms with Gasteiger partial charge >= 0.3 is 0 Å². The van der Waals surface area contributed by atoms with Gasteiger partial charge in [-0.3, -0.25) is 11.3 Å². The van der Waals surface area contributed by atoms with E-state index >= 15 is 0 Å². The second-order valence-corrected chi connectivity index (χ2v) is 8.48. The normalized spacial score (nSPS) is 20.1. The molecule has 2 rings (SSSR count). The number of nitrogens with two attached hydrogens (primary N) is 1. The molecule has 0 aromatic heterocycles. The van der Waals surface area contributed by atoms with Gasteiger partial charge in [-0.15, -0.1) is 0 Å². The number of benzene rings is 1. The molecule has 5 heteroatoms. The van der Waals surface area contributed by atoms with E-state index in [0.717, 1.165) is 12.8 Å². The summed E-state index contributed by atoms with van der Waals surface area (Å²) in [6.45, 7) is 0. The minimum Gasteiger partial charge on any atom is -0.271 e. The molecule has 21 heavy (non-hydrogen) atoms. The molecule has 0 radical (unpaired) electrons. The van der Waals surface area contributed by atoms with E-state index in [9.17, 15) is 8.42 Å². The third-order valence-electron chi connectivity index (χ3n) is 4.74.